The quantitative estimate of drug-likeness (QED) is 0.899. The minimum Gasteiger partial charge on any atom is -0.365 e. The van der Waals surface area contributed by atoms with Crippen molar-refractivity contribution in [1.29, 1.82) is 0 Å². The Hall–Kier alpha value is -1.09. The molecule has 104 valence electrons. The van der Waals surface area contributed by atoms with Gasteiger partial charge in [0.15, 0.2) is 0 Å². The number of piperidine rings is 1. The summed E-state index contributed by atoms with van der Waals surface area (Å²) in [5.74, 6) is -0.108. The summed E-state index contributed by atoms with van der Waals surface area (Å²) in [6.45, 7) is 5.19. The van der Waals surface area contributed by atoms with E-state index in [4.69, 9.17) is 0 Å². The first-order valence-corrected chi connectivity index (χ1v) is 7.46. The largest absolute Gasteiger partial charge is 0.365 e. The molecule has 0 radical (unpaired) electrons. The molecule has 0 spiro atoms. The Morgan fingerprint density at radius 2 is 1.89 bits per heavy atom. The Kier molecular flexibility index (Phi) is 3.48. The smallest absolute Gasteiger partial charge is 0.125 e. The van der Waals surface area contributed by atoms with Crippen LogP contribution < -0.4 is 10.2 Å². The van der Waals surface area contributed by atoms with E-state index in [1.807, 2.05) is 6.92 Å². The number of halogens is 1. The van der Waals surface area contributed by atoms with Gasteiger partial charge in [0.1, 0.15) is 5.82 Å². The van der Waals surface area contributed by atoms with Gasteiger partial charge in [0.05, 0.1) is 0 Å². The molecule has 2 saturated heterocycles. The molecule has 2 heterocycles. The minimum atomic E-state index is -0.108. The predicted octanol–water partition coefficient (Wildman–Crippen LogP) is 3.24. The molecule has 3 rings (SSSR count). The van der Waals surface area contributed by atoms with Gasteiger partial charge in [0, 0.05) is 23.8 Å². The van der Waals surface area contributed by atoms with Crippen molar-refractivity contribution < 1.29 is 4.39 Å². The van der Waals surface area contributed by atoms with E-state index in [0.717, 1.165) is 17.8 Å². The van der Waals surface area contributed by atoms with Gasteiger partial charge in [-0.05, 0) is 62.9 Å². The molecule has 2 atom stereocenters. The third-order valence-electron chi connectivity index (χ3n) is 4.55. The van der Waals surface area contributed by atoms with Crippen molar-refractivity contribution in [3.63, 3.8) is 0 Å². The zero-order chi connectivity index (χ0) is 13.4. The second-order valence-corrected chi connectivity index (χ2v) is 6.01. The molecule has 2 fully saturated rings. The van der Waals surface area contributed by atoms with Crippen molar-refractivity contribution in [2.75, 3.05) is 11.4 Å². The highest BCUT2D eigenvalue weighted by Gasteiger charge is 2.40. The highest BCUT2D eigenvalue weighted by Crippen LogP contribution is 2.39. The fourth-order valence-corrected chi connectivity index (χ4v) is 3.92. The van der Waals surface area contributed by atoms with Crippen LogP contribution in [-0.2, 0) is 0 Å². The molecular formula is C16H23FN2. The van der Waals surface area contributed by atoms with Crippen LogP contribution in [-0.4, -0.2) is 24.7 Å². The van der Waals surface area contributed by atoms with Crippen LogP contribution in [0.3, 0.4) is 0 Å². The zero-order valence-corrected chi connectivity index (χ0v) is 11.8. The van der Waals surface area contributed by atoms with Crippen LogP contribution in [0.25, 0.3) is 0 Å². The fourth-order valence-electron chi connectivity index (χ4n) is 3.92. The normalized spacial score (nSPS) is 29.8. The van der Waals surface area contributed by atoms with E-state index >= 15 is 0 Å². The Morgan fingerprint density at radius 3 is 2.47 bits per heavy atom. The summed E-state index contributed by atoms with van der Waals surface area (Å²) in [6.07, 6.45) is 4.89. The lowest BCUT2D eigenvalue weighted by Crippen LogP contribution is -2.49. The van der Waals surface area contributed by atoms with E-state index < -0.39 is 0 Å². The van der Waals surface area contributed by atoms with Crippen molar-refractivity contribution in [3.05, 3.63) is 29.6 Å². The molecule has 0 amide bonds. The lowest BCUT2D eigenvalue weighted by Gasteiger charge is -2.41. The van der Waals surface area contributed by atoms with Crippen molar-refractivity contribution in [1.82, 2.24) is 5.32 Å². The van der Waals surface area contributed by atoms with Crippen LogP contribution in [0.1, 0.15) is 38.2 Å². The van der Waals surface area contributed by atoms with Gasteiger partial charge in [0.2, 0.25) is 0 Å². The number of benzene rings is 1. The minimum absolute atomic E-state index is 0.108. The molecule has 2 aliphatic rings. The number of nitrogens with one attached hydrogen (secondary N) is 1. The van der Waals surface area contributed by atoms with E-state index in [-0.39, 0.29) is 5.82 Å². The average Bonchev–Trinajstić information content (AvgIpc) is 2.60. The summed E-state index contributed by atoms with van der Waals surface area (Å²) in [7, 11) is 0. The maximum atomic E-state index is 13.6. The maximum absolute atomic E-state index is 13.6. The number of rotatable bonds is 3. The van der Waals surface area contributed by atoms with Crippen LogP contribution >= 0.6 is 0 Å². The number of nitrogens with zero attached hydrogens (tertiary/aromatic N) is 1. The topological polar surface area (TPSA) is 15.3 Å². The molecule has 0 aromatic heterocycles. The van der Waals surface area contributed by atoms with Crippen LogP contribution in [0.2, 0.25) is 0 Å². The SMILES string of the molecule is CCNC1CC2CCC(C1)N2c1cc(C)cc(F)c1. The summed E-state index contributed by atoms with van der Waals surface area (Å²) in [4.78, 5) is 2.48. The molecule has 3 heteroatoms. The molecule has 1 N–H and O–H groups in total. The van der Waals surface area contributed by atoms with Crippen LogP contribution in [0.4, 0.5) is 10.1 Å². The summed E-state index contributed by atoms with van der Waals surface area (Å²) < 4.78 is 13.6. The molecule has 2 aliphatic heterocycles. The van der Waals surface area contributed by atoms with Gasteiger partial charge >= 0.3 is 0 Å². The molecule has 1 aromatic rings. The zero-order valence-electron chi connectivity index (χ0n) is 11.8. The molecule has 2 nitrogen and oxygen atoms in total. The van der Waals surface area contributed by atoms with E-state index in [1.54, 1.807) is 12.1 Å². The van der Waals surface area contributed by atoms with Crippen molar-refractivity contribution in [2.24, 2.45) is 0 Å². The maximum Gasteiger partial charge on any atom is 0.125 e. The number of fused-ring (bicyclic) bond motifs is 2. The monoisotopic (exact) mass is 262 g/mol. The number of hydrogen-bond acceptors (Lipinski definition) is 2. The van der Waals surface area contributed by atoms with Crippen molar-refractivity contribution in [2.45, 2.75) is 57.7 Å². The molecule has 2 bridgehead atoms. The van der Waals surface area contributed by atoms with Crippen LogP contribution in [0.15, 0.2) is 18.2 Å². The summed E-state index contributed by atoms with van der Waals surface area (Å²) >= 11 is 0. The van der Waals surface area contributed by atoms with Gasteiger partial charge in [-0.1, -0.05) is 6.92 Å². The van der Waals surface area contributed by atoms with E-state index in [1.165, 1.54) is 25.7 Å². The molecule has 1 aromatic carbocycles. The highest BCUT2D eigenvalue weighted by molar-refractivity contribution is 5.52. The number of anilines is 1. The second kappa shape index (κ2) is 5.12. The van der Waals surface area contributed by atoms with E-state index in [9.17, 15) is 4.39 Å². The molecule has 0 aliphatic carbocycles. The summed E-state index contributed by atoms with van der Waals surface area (Å²) in [5.41, 5.74) is 2.10. The predicted molar refractivity (Wildman–Crippen MR) is 77.1 cm³/mol. The molecule has 2 unspecified atom stereocenters. The van der Waals surface area contributed by atoms with Gasteiger partial charge in [-0.25, -0.2) is 4.39 Å². The van der Waals surface area contributed by atoms with Gasteiger partial charge in [-0.2, -0.15) is 0 Å². The van der Waals surface area contributed by atoms with Gasteiger partial charge in [-0.3, -0.25) is 0 Å². The highest BCUT2D eigenvalue weighted by atomic mass is 19.1. The first-order valence-electron chi connectivity index (χ1n) is 7.46. The van der Waals surface area contributed by atoms with Gasteiger partial charge in [0.25, 0.3) is 0 Å². The second-order valence-electron chi connectivity index (χ2n) is 6.01. The Balaban J connectivity index is 1.83. The summed E-state index contributed by atoms with van der Waals surface area (Å²) in [5, 5.41) is 3.58. The lowest BCUT2D eigenvalue weighted by atomic mass is 9.96. The number of hydrogen-bond donors (Lipinski definition) is 1. The third kappa shape index (κ3) is 2.48. The first-order chi connectivity index (χ1) is 9.17. The Morgan fingerprint density at radius 1 is 1.21 bits per heavy atom. The lowest BCUT2D eigenvalue weighted by molar-refractivity contribution is 0.361. The van der Waals surface area contributed by atoms with E-state index in [2.05, 4.69) is 23.2 Å². The average molecular weight is 262 g/mol. The van der Waals surface area contributed by atoms with Crippen LogP contribution in [0, 0.1) is 12.7 Å². The third-order valence-corrected chi connectivity index (χ3v) is 4.55. The van der Waals surface area contributed by atoms with E-state index in [0.29, 0.717) is 18.1 Å². The van der Waals surface area contributed by atoms with Gasteiger partial charge < -0.3 is 10.2 Å². The Bertz CT molecular complexity index is 426. The fraction of sp³-hybridized carbons (Fsp3) is 0.625. The van der Waals surface area contributed by atoms with Crippen molar-refractivity contribution in [3.8, 4) is 0 Å². The van der Waals surface area contributed by atoms with Gasteiger partial charge in [-0.15, -0.1) is 0 Å². The molecule has 0 saturated carbocycles. The standard InChI is InChI=1S/C16H23FN2/c1-3-18-13-9-14-4-5-15(10-13)19(14)16-7-11(2)6-12(17)8-16/h6-8,13-15,18H,3-5,9-10H2,1-2H3. The van der Waals surface area contributed by atoms with Crippen LogP contribution in [0.5, 0.6) is 0 Å². The van der Waals surface area contributed by atoms with Crippen molar-refractivity contribution >= 4 is 5.69 Å². The Labute approximate surface area is 115 Å². The first kappa shape index (κ1) is 12.9. The molecule has 19 heavy (non-hydrogen) atoms. The number of aryl methyl sites for hydroxylation is 1. The molecular weight excluding hydrogens is 239 g/mol. The summed E-state index contributed by atoms with van der Waals surface area (Å²) in [6, 6.07) is 7.26.